The number of hydrogen-bond acceptors (Lipinski definition) is 6. The largest absolute Gasteiger partial charge is 0.355 e. The summed E-state index contributed by atoms with van der Waals surface area (Å²) in [6.07, 6.45) is 10.4. The molecule has 1 aromatic rings. The van der Waals surface area contributed by atoms with Crippen molar-refractivity contribution in [3.05, 3.63) is 18.5 Å². The van der Waals surface area contributed by atoms with Crippen LogP contribution in [0.15, 0.2) is 23.5 Å². The summed E-state index contributed by atoms with van der Waals surface area (Å²) < 4.78 is 0. The molecule has 9 heteroatoms. The van der Waals surface area contributed by atoms with Gasteiger partial charge in [-0.1, -0.05) is 19.3 Å². The lowest BCUT2D eigenvalue weighted by Gasteiger charge is -2.34. The normalized spacial score (nSPS) is 23.4. The maximum Gasteiger partial charge on any atom is 0.225 e. The third-order valence-electron chi connectivity index (χ3n) is 6.95. The fourth-order valence-electron chi connectivity index (χ4n) is 5.03. The van der Waals surface area contributed by atoms with Crippen LogP contribution in [0.4, 0.5) is 5.95 Å². The van der Waals surface area contributed by atoms with Crippen molar-refractivity contribution in [3.63, 3.8) is 0 Å². The Morgan fingerprint density at radius 3 is 2.53 bits per heavy atom. The summed E-state index contributed by atoms with van der Waals surface area (Å²) in [4.78, 5) is 32.7. The Labute approximate surface area is 191 Å². The molecule has 1 aromatic heterocycles. The van der Waals surface area contributed by atoms with E-state index in [9.17, 15) is 4.79 Å². The lowest BCUT2D eigenvalue weighted by atomic mass is 9.88. The van der Waals surface area contributed by atoms with Gasteiger partial charge in [0.25, 0.3) is 0 Å². The predicted octanol–water partition coefficient (Wildman–Crippen LogP) is 0.945. The molecule has 3 aliphatic rings. The Hall–Kier alpha value is -2.42. The predicted molar refractivity (Wildman–Crippen MR) is 127 cm³/mol. The summed E-state index contributed by atoms with van der Waals surface area (Å²) in [6, 6.07) is 2.13. The second-order valence-corrected chi connectivity index (χ2v) is 9.13. The first kappa shape index (κ1) is 22.8. The molecule has 3 fully saturated rings. The van der Waals surface area contributed by atoms with Gasteiger partial charge < -0.3 is 20.4 Å². The molecule has 1 saturated carbocycles. The van der Waals surface area contributed by atoms with Gasteiger partial charge in [0.1, 0.15) is 0 Å². The molecule has 4 rings (SSSR count). The Bertz CT molecular complexity index is 744. The maximum atomic E-state index is 12.8. The van der Waals surface area contributed by atoms with Crippen molar-refractivity contribution in [3.8, 4) is 0 Å². The van der Waals surface area contributed by atoms with E-state index >= 15 is 0 Å². The van der Waals surface area contributed by atoms with E-state index in [2.05, 4.69) is 40.3 Å². The summed E-state index contributed by atoms with van der Waals surface area (Å²) >= 11 is 0. The van der Waals surface area contributed by atoms with Crippen LogP contribution in [-0.4, -0.2) is 97.1 Å². The number of guanidine groups is 1. The SMILES string of the molecule is CN=C(NCCN1CCN(c2ncccn2)CC1)NC1CCN(C(=O)C2CCCCC2)C1. The molecule has 9 nitrogen and oxygen atoms in total. The van der Waals surface area contributed by atoms with Gasteiger partial charge in [0.05, 0.1) is 0 Å². The number of rotatable bonds is 6. The van der Waals surface area contributed by atoms with Gasteiger partial charge in [-0.3, -0.25) is 14.7 Å². The van der Waals surface area contributed by atoms with Gasteiger partial charge in [0.2, 0.25) is 11.9 Å². The monoisotopic (exact) mass is 442 g/mol. The summed E-state index contributed by atoms with van der Waals surface area (Å²) in [5.74, 6) is 2.28. The Kier molecular flexibility index (Phi) is 8.14. The van der Waals surface area contributed by atoms with Crippen LogP contribution >= 0.6 is 0 Å². The topological polar surface area (TPSA) is 89.0 Å². The molecule has 1 unspecified atom stereocenters. The summed E-state index contributed by atoms with van der Waals surface area (Å²) in [6.45, 7) is 7.38. The third-order valence-corrected chi connectivity index (χ3v) is 6.95. The molecule has 0 spiro atoms. The quantitative estimate of drug-likeness (QED) is 0.501. The van der Waals surface area contributed by atoms with Gasteiger partial charge in [0, 0.05) is 83.8 Å². The molecule has 2 aliphatic heterocycles. The zero-order valence-corrected chi connectivity index (χ0v) is 19.4. The first-order valence-electron chi connectivity index (χ1n) is 12.2. The number of nitrogens with zero attached hydrogens (tertiary/aromatic N) is 6. The number of amides is 1. The van der Waals surface area contributed by atoms with Crippen LogP contribution < -0.4 is 15.5 Å². The van der Waals surface area contributed by atoms with E-state index in [1.807, 2.05) is 13.1 Å². The number of likely N-dealkylation sites (tertiary alicyclic amines) is 1. The number of carbonyl (C=O) groups is 1. The molecule has 2 N–H and O–H groups in total. The molecule has 1 amide bonds. The molecule has 0 radical (unpaired) electrons. The third kappa shape index (κ3) is 6.09. The number of aliphatic imine (C=N–C) groups is 1. The van der Waals surface area contributed by atoms with E-state index in [4.69, 9.17) is 0 Å². The van der Waals surface area contributed by atoms with E-state index in [0.717, 1.165) is 83.5 Å². The molecule has 0 aromatic carbocycles. The Balaban J connectivity index is 1.13. The number of nitrogens with one attached hydrogen (secondary N) is 2. The number of piperazine rings is 1. The highest BCUT2D eigenvalue weighted by molar-refractivity contribution is 5.81. The van der Waals surface area contributed by atoms with E-state index in [-0.39, 0.29) is 12.0 Å². The first-order valence-corrected chi connectivity index (χ1v) is 12.2. The van der Waals surface area contributed by atoms with Crippen molar-refractivity contribution in [2.45, 2.75) is 44.6 Å². The fourth-order valence-corrected chi connectivity index (χ4v) is 5.03. The van der Waals surface area contributed by atoms with Crippen molar-refractivity contribution in [1.82, 2.24) is 30.4 Å². The molecule has 1 aliphatic carbocycles. The maximum absolute atomic E-state index is 12.8. The van der Waals surface area contributed by atoms with Crippen LogP contribution in [-0.2, 0) is 4.79 Å². The minimum Gasteiger partial charge on any atom is -0.355 e. The average Bonchev–Trinajstić information content (AvgIpc) is 3.33. The number of aromatic nitrogens is 2. The summed E-state index contributed by atoms with van der Waals surface area (Å²) in [5.41, 5.74) is 0. The second kappa shape index (κ2) is 11.4. The van der Waals surface area contributed by atoms with Crippen molar-refractivity contribution in [2.24, 2.45) is 10.9 Å². The number of anilines is 1. The van der Waals surface area contributed by atoms with E-state index in [1.165, 1.54) is 19.3 Å². The van der Waals surface area contributed by atoms with Crippen molar-refractivity contribution in [1.29, 1.82) is 0 Å². The molecule has 176 valence electrons. The fraction of sp³-hybridized carbons (Fsp3) is 0.739. The molecular weight excluding hydrogens is 404 g/mol. The first-order chi connectivity index (χ1) is 15.7. The van der Waals surface area contributed by atoms with Gasteiger partial charge in [-0.15, -0.1) is 0 Å². The highest BCUT2D eigenvalue weighted by Gasteiger charge is 2.31. The minimum absolute atomic E-state index is 0.258. The smallest absolute Gasteiger partial charge is 0.225 e. The van der Waals surface area contributed by atoms with Gasteiger partial charge in [-0.05, 0) is 25.3 Å². The van der Waals surface area contributed by atoms with Crippen LogP contribution in [0, 0.1) is 5.92 Å². The second-order valence-electron chi connectivity index (χ2n) is 9.13. The average molecular weight is 443 g/mol. The van der Waals surface area contributed by atoms with Crippen molar-refractivity contribution in [2.75, 3.05) is 64.3 Å². The molecule has 0 bridgehead atoms. The molecule has 32 heavy (non-hydrogen) atoms. The lowest BCUT2D eigenvalue weighted by molar-refractivity contribution is -0.135. The zero-order valence-electron chi connectivity index (χ0n) is 19.4. The number of hydrogen-bond donors (Lipinski definition) is 2. The van der Waals surface area contributed by atoms with Crippen LogP contribution in [0.5, 0.6) is 0 Å². The van der Waals surface area contributed by atoms with Crippen LogP contribution in [0.1, 0.15) is 38.5 Å². The molecule has 1 atom stereocenters. The van der Waals surface area contributed by atoms with Gasteiger partial charge >= 0.3 is 0 Å². The van der Waals surface area contributed by atoms with E-state index < -0.39 is 0 Å². The Morgan fingerprint density at radius 1 is 1.06 bits per heavy atom. The van der Waals surface area contributed by atoms with Crippen molar-refractivity contribution < 1.29 is 4.79 Å². The molecule has 2 saturated heterocycles. The molecular formula is C23H38N8O. The molecule has 3 heterocycles. The van der Waals surface area contributed by atoms with Gasteiger partial charge in [-0.25, -0.2) is 9.97 Å². The van der Waals surface area contributed by atoms with Crippen LogP contribution in [0.25, 0.3) is 0 Å². The standard InChI is InChI=1S/C23H38N8O/c1-24-22(28-20-8-12-31(18-20)21(32)19-6-3-2-4-7-19)25-11-13-29-14-16-30(17-15-29)23-26-9-5-10-27-23/h5,9-10,19-20H,2-4,6-8,11-18H2,1H3,(H2,24,25,28). The van der Waals surface area contributed by atoms with Crippen LogP contribution in [0.3, 0.4) is 0 Å². The van der Waals surface area contributed by atoms with E-state index in [1.54, 1.807) is 12.4 Å². The van der Waals surface area contributed by atoms with E-state index in [0.29, 0.717) is 5.91 Å². The summed E-state index contributed by atoms with van der Waals surface area (Å²) in [5, 5.41) is 6.97. The van der Waals surface area contributed by atoms with Crippen molar-refractivity contribution >= 4 is 17.8 Å². The van der Waals surface area contributed by atoms with Gasteiger partial charge in [-0.2, -0.15) is 0 Å². The highest BCUT2D eigenvalue weighted by Crippen LogP contribution is 2.26. The number of carbonyl (C=O) groups excluding carboxylic acids is 1. The highest BCUT2D eigenvalue weighted by atomic mass is 16.2. The minimum atomic E-state index is 0.258. The lowest BCUT2D eigenvalue weighted by Crippen LogP contribution is -2.50. The van der Waals surface area contributed by atoms with Crippen LogP contribution in [0.2, 0.25) is 0 Å². The van der Waals surface area contributed by atoms with Gasteiger partial charge in [0.15, 0.2) is 5.96 Å². The zero-order chi connectivity index (χ0) is 22.2. The summed E-state index contributed by atoms with van der Waals surface area (Å²) in [7, 11) is 1.81. The Morgan fingerprint density at radius 2 is 1.81 bits per heavy atom.